The molecule has 1 aromatic rings. The molecule has 2 N–H and O–H groups in total. The Hall–Kier alpha value is -1.39. The van der Waals surface area contributed by atoms with Crippen molar-refractivity contribution in [3.63, 3.8) is 0 Å². The fourth-order valence-electron chi connectivity index (χ4n) is 1.33. The van der Waals surface area contributed by atoms with Gasteiger partial charge in [-0.1, -0.05) is 18.2 Å². The van der Waals surface area contributed by atoms with Crippen LogP contribution in [0.15, 0.2) is 18.2 Å². The molecule has 1 aromatic carbocycles. The zero-order valence-corrected chi connectivity index (χ0v) is 9.96. The second-order valence-electron chi connectivity index (χ2n) is 3.71. The molecular formula is C12H18N2O2. The first-order valence-corrected chi connectivity index (χ1v) is 5.23. The molecule has 1 amide bonds. The first-order chi connectivity index (χ1) is 7.63. The van der Waals surface area contributed by atoms with Gasteiger partial charge in [0.1, 0.15) is 6.61 Å². The van der Waals surface area contributed by atoms with Gasteiger partial charge in [-0.05, 0) is 30.5 Å². The van der Waals surface area contributed by atoms with E-state index in [0.717, 1.165) is 5.56 Å². The second-order valence-corrected chi connectivity index (χ2v) is 3.71. The number of amides is 1. The highest BCUT2D eigenvalue weighted by Gasteiger charge is 2.00. The predicted octanol–water partition coefficient (Wildman–Crippen LogP) is 1.07. The lowest BCUT2D eigenvalue weighted by molar-refractivity contribution is -0.126. The Kier molecular flexibility index (Phi) is 4.95. The largest absolute Gasteiger partial charge is 0.367 e. The van der Waals surface area contributed by atoms with E-state index in [-0.39, 0.29) is 12.5 Å². The average molecular weight is 222 g/mol. The van der Waals surface area contributed by atoms with Crippen LogP contribution in [-0.4, -0.2) is 19.6 Å². The van der Waals surface area contributed by atoms with Crippen LogP contribution in [0.2, 0.25) is 0 Å². The summed E-state index contributed by atoms with van der Waals surface area (Å²) in [4.78, 5) is 11.1. The van der Waals surface area contributed by atoms with E-state index in [9.17, 15) is 4.79 Å². The van der Waals surface area contributed by atoms with Crippen LogP contribution in [0.3, 0.4) is 0 Å². The maximum Gasteiger partial charge on any atom is 0.260 e. The average Bonchev–Trinajstić information content (AvgIpc) is 2.24. The predicted molar refractivity (Wildman–Crippen MR) is 62.8 cm³/mol. The van der Waals surface area contributed by atoms with E-state index in [1.807, 2.05) is 6.07 Å². The number of hydrazine groups is 1. The molecule has 88 valence electrons. The minimum Gasteiger partial charge on any atom is -0.367 e. The first-order valence-electron chi connectivity index (χ1n) is 5.23. The first kappa shape index (κ1) is 12.7. The number of ether oxygens (including phenoxy) is 1. The van der Waals surface area contributed by atoms with Crippen LogP contribution in [0, 0.1) is 13.8 Å². The number of rotatable bonds is 5. The van der Waals surface area contributed by atoms with Gasteiger partial charge in [0.15, 0.2) is 0 Å². The van der Waals surface area contributed by atoms with Crippen molar-refractivity contribution >= 4 is 5.91 Å². The SMILES string of the molecule is CNNC(=O)COCc1ccc(C)c(C)c1. The molecule has 0 fully saturated rings. The number of carbonyl (C=O) groups excluding carboxylic acids is 1. The second kappa shape index (κ2) is 6.25. The molecule has 0 heterocycles. The molecule has 0 spiro atoms. The van der Waals surface area contributed by atoms with E-state index in [4.69, 9.17) is 4.74 Å². The Bertz CT molecular complexity index is 364. The van der Waals surface area contributed by atoms with Crippen LogP contribution in [0.1, 0.15) is 16.7 Å². The Labute approximate surface area is 96.0 Å². The summed E-state index contributed by atoms with van der Waals surface area (Å²) in [5.41, 5.74) is 8.57. The third-order valence-corrected chi connectivity index (χ3v) is 2.34. The van der Waals surface area contributed by atoms with E-state index < -0.39 is 0 Å². The van der Waals surface area contributed by atoms with Crippen molar-refractivity contribution in [3.05, 3.63) is 34.9 Å². The molecular weight excluding hydrogens is 204 g/mol. The van der Waals surface area contributed by atoms with Crippen molar-refractivity contribution in [1.82, 2.24) is 10.9 Å². The molecule has 4 heteroatoms. The fraction of sp³-hybridized carbons (Fsp3) is 0.417. The zero-order valence-electron chi connectivity index (χ0n) is 9.96. The van der Waals surface area contributed by atoms with Crippen LogP contribution in [0.25, 0.3) is 0 Å². The zero-order chi connectivity index (χ0) is 12.0. The van der Waals surface area contributed by atoms with Gasteiger partial charge in [0, 0.05) is 7.05 Å². The Morgan fingerprint density at radius 1 is 1.31 bits per heavy atom. The molecule has 0 aliphatic rings. The summed E-state index contributed by atoms with van der Waals surface area (Å²) in [6, 6.07) is 6.14. The summed E-state index contributed by atoms with van der Waals surface area (Å²) in [5, 5.41) is 0. The third-order valence-electron chi connectivity index (χ3n) is 2.34. The van der Waals surface area contributed by atoms with Gasteiger partial charge < -0.3 is 4.74 Å². The minimum atomic E-state index is -0.175. The van der Waals surface area contributed by atoms with Crippen LogP contribution >= 0.6 is 0 Å². The lowest BCUT2D eigenvalue weighted by atomic mass is 10.1. The number of hydrogen-bond acceptors (Lipinski definition) is 3. The Morgan fingerprint density at radius 3 is 2.69 bits per heavy atom. The molecule has 0 unspecified atom stereocenters. The molecule has 0 aliphatic carbocycles. The maximum atomic E-state index is 11.1. The van der Waals surface area contributed by atoms with Crippen molar-refractivity contribution in [3.8, 4) is 0 Å². The van der Waals surface area contributed by atoms with E-state index in [2.05, 4.69) is 36.8 Å². The quantitative estimate of drug-likeness (QED) is 0.733. The standard InChI is InChI=1S/C12H18N2O2/c1-9-4-5-11(6-10(9)2)7-16-8-12(15)14-13-3/h4-6,13H,7-8H2,1-3H3,(H,14,15). The smallest absolute Gasteiger partial charge is 0.260 e. The van der Waals surface area contributed by atoms with Gasteiger partial charge in [-0.3, -0.25) is 10.2 Å². The number of carbonyl (C=O) groups is 1. The third kappa shape index (κ3) is 4.00. The molecule has 0 aliphatic heterocycles. The van der Waals surface area contributed by atoms with Crippen LogP contribution in [-0.2, 0) is 16.1 Å². The van der Waals surface area contributed by atoms with Crippen molar-refractivity contribution in [2.24, 2.45) is 0 Å². The summed E-state index contributed by atoms with van der Waals surface area (Å²) in [6.07, 6.45) is 0. The number of nitrogens with one attached hydrogen (secondary N) is 2. The highest BCUT2D eigenvalue weighted by Crippen LogP contribution is 2.10. The van der Waals surface area contributed by atoms with Gasteiger partial charge in [-0.15, -0.1) is 0 Å². The molecule has 0 aromatic heterocycles. The summed E-state index contributed by atoms with van der Waals surface area (Å²) < 4.78 is 5.28. The Balaban J connectivity index is 2.37. The Morgan fingerprint density at radius 2 is 2.06 bits per heavy atom. The lowest BCUT2D eigenvalue weighted by Gasteiger charge is -2.07. The van der Waals surface area contributed by atoms with Crippen molar-refractivity contribution in [1.29, 1.82) is 0 Å². The summed E-state index contributed by atoms with van der Waals surface area (Å²) in [5.74, 6) is -0.175. The van der Waals surface area contributed by atoms with Gasteiger partial charge in [0.25, 0.3) is 5.91 Å². The van der Waals surface area contributed by atoms with Gasteiger partial charge in [0.05, 0.1) is 6.61 Å². The molecule has 0 bridgehead atoms. The lowest BCUT2D eigenvalue weighted by Crippen LogP contribution is -2.36. The van der Waals surface area contributed by atoms with E-state index in [0.29, 0.717) is 6.61 Å². The highest BCUT2D eigenvalue weighted by molar-refractivity contribution is 5.76. The van der Waals surface area contributed by atoms with Crippen molar-refractivity contribution < 1.29 is 9.53 Å². The van der Waals surface area contributed by atoms with E-state index in [1.54, 1.807) is 7.05 Å². The summed E-state index contributed by atoms with van der Waals surface area (Å²) >= 11 is 0. The molecule has 1 rings (SSSR count). The normalized spacial score (nSPS) is 10.2. The van der Waals surface area contributed by atoms with Gasteiger partial charge in [0.2, 0.25) is 0 Å². The van der Waals surface area contributed by atoms with Gasteiger partial charge >= 0.3 is 0 Å². The van der Waals surface area contributed by atoms with Gasteiger partial charge in [-0.2, -0.15) is 0 Å². The van der Waals surface area contributed by atoms with E-state index >= 15 is 0 Å². The maximum absolute atomic E-state index is 11.1. The number of benzene rings is 1. The van der Waals surface area contributed by atoms with E-state index in [1.165, 1.54) is 11.1 Å². The van der Waals surface area contributed by atoms with Crippen molar-refractivity contribution in [2.75, 3.05) is 13.7 Å². The monoisotopic (exact) mass is 222 g/mol. The summed E-state index contributed by atoms with van der Waals surface area (Å²) in [7, 11) is 1.64. The summed E-state index contributed by atoms with van der Waals surface area (Å²) in [6.45, 7) is 4.65. The molecule has 0 atom stereocenters. The number of aryl methyl sites for hydroxylation is 2. The van der Waals surface area contributed by atoms with Gasteiger partial charge in [-0.25, -0.2) is 5.43 Å². The number of hydrogen-bond donors (Lipinski definition) is 2. The highest BCUT2D eigenvalue weighted by atomic mass is 16.5. The minimum absolute atomic E-state index is 0.0633. The fourth-order valence-corrected chi connectivity index (χ4v) is 1.33. The van der Waals surface area contributed by atoms with Crippen LogP contribution in [0.5, 0.6) is 0 Å². The molecule has 0 saturated carbocycles. The molecule has 0 saturated heterocycles. The van der Waals surface area contributed by atoms with Crippen LogP contribution in [0.4, 0.5) is 0 Å². The molecule has 0 radical (unpaired) electrons. The molecule has 16 heavy (non-hydrogen) atoms. The molecule has 4 nitrogen and oxygen atoms in total. The topological polar surface area (TPSA) is 50.4 Å². The van der Waals surface area contributed by atoms with Crippen LogP contribution < -0.4 is 10.9 Å². The van der Waals surface area contributed by atoms with Crippen molar-refractivity contribution in [2.45, 2.75) is 20.5 Å².